The van der Waals surface area contributed by atoms with E-state index in [1.54, 1.807) is 0 Å². The molecule has 0 spiro atoms. The summed E-state index contributed by atoms with van der Waals surface area (Å²) in [6.07, 6.45) is 0. The summed E-state index contributed by atoms with van der Waals surface area (Å²) in [6.45, 7) is 12.9. The van der Waals surface area contributed by atoms with Gasteiger partial charge in [-0.15, -0.1) is 0 Å². The average molecular weight is 411 g/mol. The van der Waals surface area contributed by atoms with Crippen LogP contribution in [0.4, 0.5) is 11.4 Å². The fourth-order valence-corrected chi connectivity index (χ4v) is 2.68. The molecule has 146 valence electrons. The third kappa shape index (κ3) is 7.50. The van der Waals surface area contributed by atoms with Crippen molar-refractivity contribution >= 4 is 46.0 Å². The van der Waals surface area contributed by atoms with Crippen molar-refractivity contribution in [1.82, 2.24) is 10.6 Å². The molecule has 0 fully saturated rings. The van der Waals surface area contributed by atoms with Gasteiger partial charge < -0.3 is 21.3 Å². The lowest BCUT2D eigenvalue weighted by Gasteiger charge is -2.12. The molecule has 0 aliphatic heterocycles. The van der Waals surface area contributed by atoms with E-state index >= 15 is 0 Å². The zero-order valence-electron chi connectivity index (χ0n) is 16.3. The van der Waals surface area contributed by atoms with Gasteiger partial charge in [-0.3, -0.25) is 0 Å². The Morgan fingerprint density at radius 2 is 1.00 bits per heavy atom. The Balaban J connectivity index is 1.93. The summed E-state index contributed by atoms with van der Waals surface area (Å²) >= 11 is 10.5. The predicted molar refractivity (Wildman–Crippen MR) is 130 cm³/mol. The van der Waals surface area contributed by atoms with E-state index in [4.69, 9.17) is 24.4 Å². The van der Waals surface area contributed by atoms with E-state index in [0.29, 0.717) is 23.3 Å². The van der Waals surface area contributed by atoms with Crippen LogP contribution in [0.2, 0.25) is 0 Å². The molecule has 0 saturated heterocycles. The number of hydrogen-bond donors (Lipinski definition) is 4. The number of anilines is 2. The maximum Gasteiger partial charge on any atom is 0.171 e. The molecule has 0 bridgehead atoms. The summed E-state index contributed by atoms with van der Waals surface area (Å²) in [6, 6.07) is 16.3. The molecule has 6 heteroatoms. The minimum absolute atomic E-state index is 0.586. The van der Waals surface area contributed by atoms with Crippen LogP contribution >= 0.6 is 24.4 Å². The smallest absolute Gasteiger partial charge is 0.171 e. The highest BCUT2D eigenvalue weighted by atomic mass is 32.1. The first-order chi connectivity index (χ1) is 13.3. The average Bonchev–Trinajstić information content (AvgIpc) is 2.66. The summed E-state index contributed by atoms with van der Waals surface area (Å²) in [5, 5.41) is 13.7. The summed E-state index contributed by atoms with van der Waals surface area (Å²) in [4.78, 5) is 0. The number of nitrogens with one attached hydrogen (secondary N) is 4. The molecule has 0 aliphatic rings. The molecule has 0 amide bonds. The molecule has 0 radical (unpaired) electrons. The molecule has 2 aromatic carbocycles. The molecular formula is C22H26N4S2. The summed E-state index contributed by atoms with van der Waals surface area (Å²) in [5.74, 6) is 0. The van der Waals surface area contributed by atoms with Crippen molar-refractivity contribution in [1.29, 1.82) is 0 Å². The zero-order chi connectivity index (χ0) is 20.5. The van der Waals surface area contributed by atoms with Crippen LogP contribution in [-0.2, 0) is 0 Å². The van der Waals surface area contributed by atoms with Crippen LogP contribution in [0.5, 0.6) is 0 Å². The van der Waals surface area contributed by atoms with Crippen LogP contribution in [0, 0.1) is 0 Å². The van der Waals surface area contributed by atoms with Gasteiger partial charge in [0.15, 0.2) is 10.2 Å². The van der Waals surface area contributed by atoms with E-state index in [9.17, 15) is 0 Å². The van der Waals surface area contributed by atoms with Crippen molar-refractivity contribution in [3.05, 3.63) is 72.8 Å². The first-order valence-corrected chi connectivity index (χ1v) is 9.74. The molecule has 0 atom stereocenters. The van der Waals surface area contributed by atoms with E-state index in [0.717, 1.165) is 33.6 Å². The van der Waals surface area contributed by atoms with Gasteiger partial charge in [-0.2, -0.15) is 0 Å². The Bertz CT molecular complexity index is 782. The van der Waals surface area contributed by atoms with Gasteiger partial charge >= 0.3 is 0 Å². The Labute approximate surface area is 178 Å². The van der Waals surface area contributed by atoms with Gasteiger partial charge in [0, 0.05) is 24.5 Å². The molecular weight excluding hydrogens is 384 g/mol. The van der Waals surface area contributed by atoms with Gasteiger partial charge in [-0.25, -0.2) is 0 Å². The second-order valence-electron chi connectivity index (χ2n) is 6.68. The van der Waals surface area contributed by atoms with Crippen molar-refractivity contribution in [3.63, 3.8) is 0 Å². The summed E-state index contributed by atoms with van der Waals surface area (Å²) in [5.41, 5.74) is 6.20. The van der Waals surface area contributed by atoms with Crippen LogP contribution in [0.25, 0.3) is 11.1 Å². The van der Waals surface area contributed by atoms with Crippen molar-refractivity contribution in [2.75, 3.05) is 23.7 Å². The second-order valence-corrected chi connectivity index (χ2v) is 7.50. The maximum absolute atomic E-state index is 5.27. The second kappa shape index (κ2) is 10.6. The lowest BCUT2D eigenvalue weighted by atomic mass is 10.1. The van der Waals surface area contributed by atoms with Crippen molar-refractivity contribution in [2.45, 2.75) is 13.8 Å². The van der Waals surface area contributed by atoms with Gasteiger partial charge in [-0.1, -0.05) is 48.6 Å². The van der Waals surface area contributed by atoms with Crippen LogP contribution in [0.3, 0.4) is 0 Å². The van der Waals surface area contributed by atoms with Crippen LogP contribution in [0.1, 0.15) is 13.8 Å². The van der Waals surface area contributed by atoms with Crippen molar-refractivity contribution in [3.8, 4) is 11.1 Å². The highest BCUT2D eigenvalue weighted by Crippen LogP contribution is 2.23. The SMILES string of the molecule is C=C(C)CNC(=S)Nc1ccc(-c2ccc(NC(=S)NCC(=C)C)cc2)cc1. The number of rotatable bonds is 7. The Hall–Kier alpha value is -2.70. The zero-order valence-corrected chi connectivity index (χ0v) is 17.9. The predicted octanol–water partition coefficient (Wildman–Crippen LogP) is 5.08. The number of benzene rings is 2. The molecule has 2 aromatic rings. The molecule has 2 rings (SSSR count). The maximum atomic E-state index is 5.27. The lowest BCUT2D eigenvalue weighted by molar-refractivity contribution is 1.000. The minimum atomic E-state index is 0.586. The molecule has 4 N–H and O–H groups in total. The third-order valence-corrected chi connectivity index (χ3v) is 4.21. The van der Waals surface area contributed by atoms with E-state index in [1.807, 2.05) is 38.1 Å². The Morgan fingerprint density at radius 3 is 1.29 bits per heavy atom. The monoisotopic (exact) mass is 410 g/mol. The van der Waals surface area contributed by atoms with Gasteiger partial charge in [0.2, 0.25) is 0 Å². The number of hydrogen-bond acceptors (Lipinski definition) is 2. The normalized spacial score (nSPS) is 9.93. The fourth-order valence-electron chi connectivity index (χ4n) is 2.30. The first-order valence-electron chi connectivity index (χ1n) is 8.92. The highest BCUT2D eigenvalue weighted by molar-refractivity contribution is 7.80. The van der Waals surface area contributed by atoms with Gasteiger partial charge in [0.25, 0.3) is 0 Å². The Kier molecular flexibility index (Phi) is 8.17. The molecule has 0 unspecified atom stereocenters. The van der Waals surface area contributed by atoms with Gasteiger partial charge in [-0.05, 0) is 73.7 Å². The lowest BCUT2D eigenvalue weighted by Crippen LogP contribution is -2.29. The molecule has 4 nitrogen and oxygen atoms in total. The molecule has 0 aliphatic carbocycles. The van der Waals surface area contributed by atoms with Crippen LogP contribution in [0.15, 0.2) is 72.8 Å². The quantitative estimate of drug-likeness (QED) is 0.377. The van der Waals surface area contributed by atoms with Crippen molar-refractivity contribution < 1.29 is 0 Å². The summed E-state index contributed by atoms with van der Waals surface area (Å²) < 4.78 is 0. The topological polar surface area (TPSA) is 48.1 Å². The van der Waals surface area contributed by atoms with Gasteiger partial charge in [0.05, 0.1) is 0 Å². The van der Waals surface area contributed by atoms with E-state index in [2.05, 4.69) is 58.7 Å². The van der Waals surface area contributed by atoms with Crippen LogP contribution in [-0.4, -0.2) is 23.3 Å². The molecule has 0 heterocycles. The van der Waals surface area contributed by atoms with Gasteiger partial charge in [0.1, 0.15) is 0 Å². The number of thiocarbonyl (C=S) groups is 2. The third-order valence-electron chi connectivity index (χ3n) is 3.72. The van der Waals surface area contributed by atoms with Crippen molar-refractivity contribution in [2.24, 2.45) is 0 Å². The van der Waals surface area contributed by atoms with E-state index in [-0.39, 0.29) is 0 Å². The minimum Gasteiger partial charge on any atom is -0.359 e. The first kappa shape index (κ1) is 21.6. The summed E-state index contributed by atoms with van der Waals surface area (Å²) in [7, 11) is 0. The standard InChI is InChI=1S/C22H26N4S2/c1-15(2)13-23-21(27)25-19-9-5-17(6-10-19)18-7-11-20(12-8-18)26-22(28)24-14-16(3)4/h5-12H,1,3,13-14H2,2,4H3,(H2,23,25,27)(H2,24,26,28). The Morgan fingerprint density at radius 1 is 0.679 bits per heavy atom. The van der Waals surface area contributed by atoms with E-state index < -0.39 is 0 Å². The highest BCUT2D eigenvalue weighted by Gasteiger charge is 2.02. The molecule has 28 heavy (non-hydrogen) atoms. The molecule has 0 saturated carbocycles. The molecule has 0 aromatic heterocycles. The largest absolute Gasteiger partial charge is 0.359 e. The van der Waals surface area contributed by atoms with E-state index in [1.165, 1.54) is 0 Å². The van der Waals surface area contributed by atoms with Crippen LogP contribution < -0.4 is 21.3 Å². The fraction of sp³-hybridized carbons (Fsp3) is 0.182.